The van der Waals surface area contributed by atoms with Crippen LogP contribution in [0.15, 0.2) is 24.4 Å². The Bertz CT molecular complexity index is 597. The monoisotopic (exact) mass is 290 g/mol. The van der Waals surface area contributed by atoms with Crippen LogP contribution in [0.4, 0.5) is 0 Å². The van der Waals surface area contributed by atoms with E-state index >= 15 is 0 Å². The summed E-state index contributed by atoms with van der Waals surface area (Å²) in [6.45, 7) is 6.29. The summed E-state index contributed by atoms with van der Waals surface area (Å²) in [6, 6.07) is 6.36. The molecule has 1 aliphatic rings. The van der Waals surface area contributed by atoms with Gasteiger partial charge in [0, 0.05) is 17.8 Å². The number of nitrogens with one attached hydrogen (secondary N) is 1. The van der Waals surface area contributed by atoms with Gasteiger partial charge < -0.3 is 14.8 Å². The first kappa shape index (κ1) is 13.4. The number of nitrogens with zero attached hydrogens (tertiary/aromatic N) is 1. The lowest BCUT2D eigenvalue weighted by Gasteiger charge is -2.09. The highest BCUT2D eigenvalue weighted by molar-refractivity contribution is 7.11. The minimum atomic E-state index is 0.299. The fourth-order valence-electron chi connectivity index (χ4n) is 2.32. The maximum atomic E-state index is 5.80. The van der Waals surface area contributed by atoms with Crippen molar-refractivity contribution in [3.63, 3.8) is 0 Å². The Morgan fingerprint density at radius 2 is 2.40 bits per heavy atom. The molecule has 0 radical (unpaired) electrons. The number of hydrogen-bond donors (Lipinski definition) is 1. The highest BCUT2D eigenvalue weighted by Gasteiger charge is 2.23. The highest BCUT2D eigenvalue weighted by Crippen LogP contribution is 2.35. The predicted molar refractivity (Wildman–Crippen MR) is 79.5 cm³/mol. The molecule has 1 atom stereocenters. The van der Waals surface area contributed by atoms with Gasteiger partial charge in [0.1, 0.15) is 24.7 Å². The number of aromatic nitrogens is 1. The van der Waals surface area contributed by atoms with E-state index in [9.17, 15) is 0 Å². The summed E-state index contributed by atoms with van der Waals surface area (Å²) in [7, 11) is 0. The number of aryl methyl sites for hydroxylation is 1. The van der Waals surface area contributed by atoms with Crippen LogP contribution in [0.3, 0.4) is 0 Å². The summed E-state index contributed by atoms with van der Waals surface area (Å²) < 4.78 is 11.5. The molecule has 4 nitrogen and oxygen atoms in total. The molecule has 3 rings (SSSR count). The third-order valence-electron chi connectivity index (χ3n) is 3.27. The van der Waals surface area contributed by atoms with E-state index in [1.54, 1.807) is 11.3 Å². The van der Waals surface area contributed by atoms with Gasteiger partial charge in [-0.05, 0) is 25.6 Å². The minimum absolute atomic E-state index is 0.299. The Balaban J connectivity index is 1.67. The second kappa shape index (κ2) is 5.81. The first-order chi connectivity index (χ1) is 9.76. The summed E-state index contributed by atoms with van der Waals surface area (Å²) in [4.78, 5) is 5.36. The molecule has 20 heavy (non-hydrogen) atoms. The van der Waals surface area contributed by atoms with E-state index in [1.165, 1.54) is 5.56 Å². The smallest absolute Gasteiger partial charge is 0.128 e. The Morgan fingerprint density at radius 1 is 1.50 bits per heavy atom. The summed E-state index contributed by atoms with van der Waals surface area (Å²) in [5, 5.41) is 4.47. The first-order valence-electron chi connectivity index (χ1n) is 6.80. The quantitative estimate of drug-likeness (QED) is 0.919. The van der Waals surface area contributed by atoms with Gasteiger partial charge in [-0.15, -0.1) is 11.3 Å². The average Bonchev–Trinajstić information content (AvgIpc) is 3.04. The van der Waals surface area contributed by atoms with Crippen molar-refractivity contribution in [2.75, 3.05) is 13.2 Å². The Kier molecular flexibility index (Phi) is 3.89. The molecule has 1 aromatic heterocycles. The molecule has 0 spiro atoms. The van der Waals surface area contributed by atoms with Crippen LogP contribution in [0.2, 0.25) is 0 Å². The van der Waals surface area contributed by atoms with Crippen molar-refractivity contribution in [1.82, 2.24) is 10.3 Å². The number of thiazole rings is 1. The van der Waals surface area contributed by atoms with E-state index in [0.29, 0.717) is 19.3 Å². The van der Waals surface area contributed by atoms with Gasteiger partial charge in [-0.25, -0.2) is 4.98 Å². The zero-order valence-corrected chi connectivity index (χ0v) is 12.5. The lowest BCUT2D eigenvalue weighted by molar-refractivity contribution is 0.299. The zero-order chi connectivity index (χ0) is 13.9. The average molecular weight is 290 g/mol. The fraction of sp³-hybridized carbons (Fsp3) is 0.400. The summed E-state index contributed by atoms with van der Waals surface area (Å²) in [6.07, 6.45) is 1.87. The van der Waals surface area contributed by atoms with Gasteiger partial charge in [0.15, 0.2) is 0 Å². The van der Waals surface area contributed by atoms with E-state index in [-0.39, 0.29) is 0 Å². The van der Waals surface area contributed by atoms with Gasteiger partial charge in [-0.3, -0.25) is 0 Å². The molecule has 1 aromatic carbocycles. The molecule has 1 N–H and O–H groups in total. The number of benzene rings is 1. The topological polar surface area (TPSA) is 43.4 Å². The third kappa shape index (κ3) is 2.78. The molecule has 0 saturated carbocycles. The van der Waals surface area contributed by atoms with E-state index in [1.807, 2.05) is 25.3 Å². The van der Waals surface area contributed by atoms with E-state index in [2.05, 4.69) is 23.3 Å². The van der Waals surface area contributed by atoms with Crippen molar-refractivity contribution in [3.05, 3.63) is 39.8 Å². The largest absolute Gasteiger partial charge is 0.491 e. The molecule has 1 aliphatic heterocycles. The third-order valence-corrected chi connectivity index (χ3v) is 4.15. The van der Waals surface area contributed by atoms with Crippen LogP contribution >= 0.6 is 11.3 Å². The van der Waals surface area contributed by atoms with Gasteiger partial charge >= 0.3 is 0 Å². The standard InChI is InChI=1S/C15H18N2O2S/c1-3-16-14-9-19-15-6-11(4-5-13(14)15)18-8-12-7-17-10(2)20-12/h4-7,14,16H,3,8-9H2,1-2H3. The number of fused-ring (bicyclic) bond motifs is 1. The fourth-order valence-corrected chi connectivity index (χ4v) is 3.03. The molecule has 0 aliphatic carbocycles. The van der Waals surface area contributed by atoms with Crippen LogP contribution in [0.25, 0.3) is 0 Å². The van der Waals surface area contributed by atoms with Gasteiger partial charge in [-0.2, -0.15) is 0 Å². The van der Waals surface area contributed by atoms with Gasteiger partial charge in [-0.1, -0.05) is 6.92 Å². The van der Waals surface area contributed by atoms with Crippen LogP contribution in [-0.4, -0.2) is 18.1 Å². The Hall–Kier alpha value is -1.59. The molecule has 0 bridgehead atoms. The predicted octanol–water partition coefficient (Wildman–Crippen LogP) is 3.07. The molecule has 2 aromatic rings. The molecule has 0 fully saturated rings. The van der Waals surface area contributed by atoms with Crippen molar-refractivity contribution in [2.45, 2.75) is 26.5 Å². The summed E-state index contributed by atoms with van der Waals surface area (Å²) in [5.41, 5.74) is 1.22. The van der Waals surface area contributed by atoms with Crippen molar-refractivity contribution in [3.8, 4) is 11.5 Å². The lowest BCUT2D eigenvalue weighted by atomic mass is 10.1. The van der Waals surface area contributed by atoms with Crippen LogP contribution in [-0.2, 0) is 6.61 Å². The Morgan fingerprint density at radius 3 is 3.15 bits per heavy atom. The number of likely N-dealkylation sites (N-methyl/N-ethyl adjacent to an activating group) is 1. The first-order valence-corrected chi connectivity index (χ1v) is 7.62. The van der Waals surface area contributed by atoms with Gasteiger partial charge in [0.05, 0.1) is 15.9 Å². The van der Waals surface area contributed by atoms with Crippen LogP contribution in [0, 0.1) is 6.92 Å². The molecular formula is C15H18N2O2S. The minimum Gasteiger partial charge on any atom is -0.491 e. The number of hydrogen-bond acceptors (Lipinski definition) is 5. The van der Waals surface area contributed by atoms with Crippen molar-refractivity contribution in [1.29, 1.82) is 0 Å². The zero-order valence-electron chi connectivity index (χ0n) is 11.7. The Labute approximate surface area is 122 Å². The van der Waals surface area contributed by atoms with Crippen molar-refractivity contribution < 1.29 is 9.47 Å². The van der Waals surface area contributed by atoms with Crippen LogP contribution in [0.5, 0.6) is 11.5 Å². The second-order valence-corrected chi connectivity index (χ2v) is 6.07. The molecule has 106 valence electrons. The SMILES string of the molecule is CCNC1COc2cc(OCc3cnc(C)s3)ccc21. The normalized spacial score (nSPS) is 16.8. The van der Waals surface area contributed by atoms with Crippen LogP contribution < -0.4 is 14.8 Å². The highest BCUT2D eigenvalue weighted by atomic mass is 32.1. The molecule has 5 heteroatoms. The molecular weight excluding hydrogens is 272 g/mol. The van der Waals surface area contributed by atoms with Gasteiger partial charge in [0.2, 0.25) is 0 Å². The van der Waals surface area contributed by atoms with E-state index in [0.717, 1.165) is 27.9 Å². The molecule has 2 heterocycles. The van der Waals surface area contributed by atoms with E-state index in [4.69, 9.17) is 9.47 Å². The number of ether oxygens (including phenoxy) is 2. The molecule has 1 unspecified atom stereocenters. The van der Waals surface area contributed by atoms with Crippen molar-refractivity contribution >= 4 is 11.3 Å². The van der Waals surface area contributed by atoms with Crippen molar-refractivity contribution in [2.24, 2.45) is 0 Å². The maximum absolute atomic E-state index is 5.80. The summed E-state index contributed by atoms with van der Waals surface area (Å²) >= 11 is 1.66. The van der Waals surface area contributed by atoms with E-state index < -0.39 is 0 Å². The second-order valence-electron chi connectivity index (χ2n) is 4.76. The van der Waals surface area contributed by atoms with Gasteiger partial charge in [0.25, 0.3) is 0 Å². The lowest BCUT2D eigenvalue weighted by Crippen LogP contribution is -2.21. The maximum Gasteiger partial charge on any atom is 0.128 e. The molecule has 0 saturated heterocycles. The van der Waals surface area contributed by atoms with Crippen LogP contribution in [0.1, 0.15) is 28.4 Å². The number of rotatable bonds is 5. The summed E-state index contributed by atoms with van der Waals surface area (Å²) in [5.74, 6) is 1.76. The molecule has 0 amide bonds.